The topological polar surface area (TPSA) is 46.1 Å². The Morgan fingerprint density at radius 2 is 1.96 bits per heavy atom. The van der Waals surface area contributed by atoms with Crippen LogP contribution in [0, 0.1) is 5.92 Å². The summed E-state index contributed by atoms with van der Waals surface area (Å²) in [6, 6.07) is 7.29. The van der Waals surface area contributed by atoms with Crippen LogP contribution < -0.4 is 5.32 Å². The standard InChI is InChI=1S/C19H28F3N3O2.HI/c1-23-18(25(2)8-9-26-12-15-6-7-15)24-11-16-4-3-5-17(10-16)13-27-14-19(20,21)22;/h3-5,10,15H,6-9,11-14H2,1-2H3,(H,23,24);1H. The maximum atomic E-state index is 12.2. The fourth-order valence-corrected chi connectivity index (χ4v) is 2.52. The van der Waals surface area contributed by atoms with Crippen LogP contribution in [0.1, 0.15) is 24.0 Å². The summed E-state index contributed by atoms with van der Waals surface area (Å²) in [7, 11) is 3.66. The third-order valence-electron chi connectivity index (χ3n) is 4.17. The van der Waals surface area contributed by atoms with Gasteiger partial charge in [-0.15, -0.1) is 24.0 Å². The number of guanidine groups is 1. The number of benzene rings is 1. The highest BCUT2D eigenvalue weighted by atomic mass is 127. The quantitative estimate of drug-likeness (QED) is 0.223. The highest BCUT2D eigenvalue weighted by Gasteiger charge is 2.27. The van der Waals surface area contributed by atoms with E-state index >= 15 is 0 Å². The molecule has 1 aliphatic rings. The minimum Gasteiger partial charge on any atom is -0.379 e. The first-order chi connectivity index (χ1) is 12.9. The number of rotatable bonds is 10. The van der Waals surface area contributed by atoms with Crippen LogP contribution in [0.5, 0.6) is 0 Å². The van der Waals surface area contributed by atoms with Crippen LogP contribution in [-0.2, 0) is 22.6 Å². The first-order valence-electron chi connectivity index (χ1n) is 9.09. The Labute approximate surface area is 181 Å². The Morgan fingerprint density at radius 3 is 2.61 bits per heavy atom. The molecule has 0 heterocycles. The number of likely N-dealkylation sites (N-methyl/N-ethyl adjacent to an activating group) is 1. The summed E-state index contributed by atoms with van der Waals surface area (Å²) < 4.78 is 46.8. The first-order valence-corrected chi connectivity index (χ1v) is 9.09. The van der Waals surface area contributed by atoms with E-state index in [1.165, 1.54) is 12.8 Å². The number of aliphatic imine (C=N–C) groups is 1. The monoisotopic (exact) mass is 515 g/mol. The molecule has 0 bridgehead atoms. The zero-order valence-electron chi connectivity index (χ0n) is 16.3. The lowest BCUT2D eigenvalue weighted by Gasteiger charge is -2.22. The van der Waals surface area contributed by atoms with Gasteiger partial charge < -0.3 is 19.7 Å². The molecule has 28 heavy (non-hydrogen) atoms. The fourth-order valence-electron chi connectivity index (χ4n) is 2.52. The second-order valence-corrected chi connectivity index (χ2v) is 6.77. The third-order valence-corrected chi connectivity index (χ3v) is 4.17. The molecule has 0 unspecified atom stereocenters. The summed E-state index contributed by atoms with van der Waals surface area (Å²) in [4.78, 5) is 6.24. The van der Waals surface area contributed by atoms with Gasteiger partial charge in [0.15, 0.2) is 5.96 Å². The van der Waals surface area contributed by atoms with Crippen molar-refractivity contribution in [2.75, 3.05) is 40.5 Å². The minimum absolute atomic E-state index is 0. The summed E-state index contributed by atoms with van der Waals surface area (Å²) >= 11 is 0. The van der Waals surface area contributed by atoms with Gasteiger partial charge in [0.1, 0.15) is 6.61 Å². The lowest BCUT2D eigenvalue weighted by atomic mass is 10.1. The SMILES string of the molecule is CN=C(NCc1cccc(COCC(F)(F)F)c1)N(C)CCOCC1CC1.I. The van der Waals surface area contributed by atoms with Crippen LogP contribution >= 0.6 is 24.0 Å². The maximum absolute atomic E-state index is 12.2. The molecule has 2 rings (SSSR count). The molecule has 1 aromatic carbocycles. The Morgan fingerprint density at radius 1 is 1.25 bits per heavy atom. The summed E-state index contributed by atoms with van der Waals surface area (Å²) in [6.07, 6.45) is -1.75. The van der Waals surface area contributed by atoms with Gasteiger partial charge in [-0.2, -0.15) is 13.2 Å². The normalized spacial score (nSPS) is 14.5. The van der Waals surface area contributed by atoms with Gasteiger partial charge in [0.25, 0.3) is 0 Å². The molecule has 160 valence electrons. The van der Waals surface area contributed by atoms with Crippen LogP contribution in [0.2, 0.25) is 0 Å². The second-order valence-electron chi connectivity index (χ2n) is 6.77. The molecule has 0 aromatic heterocycles. The second kappa shape index (κ2) is 12.5. The molecule has 0 radical (unpaired) electrons. The molecule has 1 N–H and O–H groups in total. The van der Waals surface area contributed by atoms with Gasteiger partial charge in [-0.3, -0.25) is 4.99 Å². The molecule has 5 nitrogen and oxygen atoms in total. The smallest absolute Gasteiger partial charge is 0.379 e. The first kappa shape index (κ1) is 25.0. The maximum Gasteiger partial charge on any atom is 0.411 e. The van der Waals surface area contributed by atoms with Crippen molar-refractivity contribution in [3.05, 3.63) is 35.4 Å². The van der Waals surface area contributed by atoms with E-state index in [9.17, 15) is 13.2 Å². The van der Waals surface area contributed by atoms with E-state index in [4.69, 9.17) is 9.47 Å². The lowest BCUT2D eigenvalue weighted by molar-refractivity contribution is -0.176. The van der Waals surface area contributed by atoms with Crippen molar-refractivity contribution in [3.8, 4) is 0 Å². The van der Waals surface area contributed by atoms with Crippen LogP contribution in [0.3, 0.4) is 0 Å². The average molecular weight is 515 g/mol. The molecule has 1 fully saturated rings. The number of nitrogens with one attached hydrogen (secondary N) is 1. The number of hydrogen-bond acceptors (Lipinski definition) is 3. The summed E-state index contributed by atoms with van der Waals surface area (Å²) in [5.74, 6) is 1.49. The van der Waals surface area contributed by atoms with E-state index in [-0.39, 0.29) is 30.6 Å². The van der Waals surface area contributed by atoms with Crippen LogP contribution in [0.4, 0.5) is 13.2 Å². The van der Waals surface area contributed by atoms with Gasteiger partial charge >= 0.3 is 6.18 Å². The number of ether oxygens (including phenoxy) is 2. The van der Waals surface area contributed by atoms with E-state index in [1.54, 1.807) is 13.1 Å². The van der Waals surface area contributed by atoms with Crippen molar-refractivity contribution >= 4 is 29.9 Å². The zero-order chi connectivity index (χ0) is 19.7. The predicted octanol–water partition coefficient (Wildman–Crippen LogP) is 3.82. The zero-order valence-corrected chi connectivity index (χ0v) is 18.6. The Hall–Kier alpha value is -1.07. The molecule has 0 amide bonds. The van der Waals surface area contributed by atoms with Crippen LogP contribution in [-0.4, -0.2) is 57.5 Å². The van der Waals surface area contributed by atoms with Crippen molar-refractivity contribution in [1.29, 1.82) is 0 Å². The Bertz CT molecular complexity index is 610. The molecular formula is C19H29F3IN3O2. The number of alkyl halides is 3. The van der Waals surface area contributed by atoms with Crippen molar-refractivity contribution in [2.45, 2.75) is 32.2 Å². The average Bonchev–Trinajstić information content (AvgIpc) is 3.43. The van der Waals surface area contributed by atoms with E-state index in [1.807, 2.05) is 30.1 Å². The highest BCUT2D eigenvalue weighted by molar-refractivity contribution is 14.0. The number of halogens is 4. The molecule has 0 saturated heterocycles. The molecule has 1 aromatic rings. The Balaban J connectivity index is 0.00000392. The van der Waals surface area contributed by atoms with E-state index < -0.39 is 12.8 Å². The van der Waals surface area contributed by atoms with Gasteiger partial charge in [0, 0.05) is 33.8 Å². The summed E-state index contributed by atoms with van der Waals surface area (Å²) in [5, 5.41) is 3.25. The van der Waals surface area contributed by atoms with Crippen molar-refractivity contribution in [2.24, 2.45) is 10.9 Å². The van der Waals surface area contributed by atoms with Crippen molar-refractivity contribution in [3.63, 3.8) is 0 Å². The number of nitrogens with zero attached hydrogens (tertiary/aromatic N) is 2. The minimum atomic E-state index is -4.31. The van der Waals surface area contributed by atoms with Crippen LogP contribution in [0.25, 0.3) is 0 Å². The molecule has 0 aliphatic heterocycles. The lowest BCUT2D eigenvalue weighted by Crippen LogP contribution is -2.40. The molecule has 1 aliphatic carbocycles. The highest BCUT2D eigenvalue weighted by Crippen LogP contribution is 2.28. The van der Waals surface area contributed by atoms with Gasteiger partial charge in [-0.1, -0.05) is 24.3 Å². The molecule has 1 saturated carbocycles. The van der Waals surface area contributed by atoms with E-state index in [2.05, 4.69) is 10.3 Å². The summed E-state index contributed by atoms with van der Waals surface area (Å²) in [6.45, 7) is 1.43. The van der Waals surface area contributed by atoms with Crippen LogP contribution in [0.15, 0.2) is 29.3 Å². The molecular weight excluding hydrogens is 486 g/mol. The Kier molecular flexibility index (Phi) is 11.1. The third kappa shape index (κ3) is 10.5. The van der Waals surface area contributed by atoms with Gasteiger partial charge in [-0.05, 0) is 29.9 Å². The van der Waals surface area contributed by atoms with Gasteiger partial charge in [0.2, 0.25) is 0 Å². The number of hydrogen-bond donors (Lipinski definition) is 1. The van der Waals surface area contributed by atoms with E-state index in [0.29, 0.717) is 18.7 Å². The van der Waals surface area contributed by atoms with Gasteiger partial charge in [-0.25, -0.2) is 0 Å². The predicted molar refractivity (Wildman–Crippen MR) is 114 cm³/mol. The molecule has 9 heteroatoms. The van der Waals surface area contributed by atoms with Gasteiger partial charge in [0.05, 0.1) is 13.2 Å². The van der Waals surface area contributed by atoms with Crippen molar-refractivity contribution in [1.82, 2.24) is 10.2 Å². The van der Waals surface area contributed by atoms with E-state index in [0.717, 1.165) is 30.6 Å². The fraction of sp³-hybridized carbons (Fsp3) is 0.632. The summed E-state index contributed by atoms with van der Waals surface area (Å²) in [5.41, 5.74) is 1.65. The molecule has 0 spiro atoms. The van der Waals surface area contributed by atoms with Crippen molar-refractivity contribution < 1.29 is 22.6 Å². The molecule has 0 atom stereocenters. The largest absolute Gasteiger partial charge is 0.411 e.